The zero-order valence-corrected chi connectivity index (χ0v) is 14.9. The molecule has 1 aliphatic heterocycles. The highest BCUT2D eigenvalue weighted by Gasteiger charge is 2.37. The van der Waals surface area contributed by atoms with Crippen molar-refractivity contribution in [3.05, 3.63) is 39.7 Å². The number of nitrogens with one attached hydrogen (secondary N) is 1. The summed E-state index contributed by atoms with van der Waals surface area (Å²) in [5.41, 5.74) is 2.49. The lowest BCUT2D eigenvalue weighted by atomic mass is 10.1. The van der Waals surface area contributed by atoms with E-state index in [0.717, 1.165) is 10.6 Å². The van der Waals surface area contributed by atoms with Crippen LogP contribution in [0.2, 0.25) is 0 Å². The number of hydrogen-bond donors (Lipinski definition) is 1. The number of carbonyl (C=O) groups is 2. The number of carbonyl (C=O) groups excluding carboxylic acids is 2. The second kappa shape index (κ2) is 6.25. The molecule has 0 saturated carbocycles. The monoisotopic (exact) mass is 357 g/mol. The van der Waals surface area contributed by atoms with Crippen molar-refractivity contribution in [2.45, 2.75) is 27.2 Å². The zero-order valence-electron chi connectivity index (χ0n) is 14.9. The van der Waals surface area contributed by atoms with Crippen molar-refractivity contribution in [2.24, 2.45) is 13.0 Å². The molecule has 1 aromatic carbocycles. The number of hydrogen-bond acceptors (Lipinski definition) is 6. The molecule has 0 radical (unpaired) electrons. The minimum atomic E-state index is -0.540. The summed E-state index contributed by atoms with van der Waals surface area (Å²) in [7, 11) is 1.79. The summed E-state index contributed by atoms with van der Waals surface area (Å²) in [5.74, 6) is -1.11. The number of amides is 2. The Labute approximate surface area is 149 Å². The lowest BCUT2D eigenvalue weighted by Gasteiger charge is -2.15. The largest absolute Gasteiger partial charge is 0.347 e. The molecule has 3 rings (SSSR count). The number of aromatic nitrogens is 2. The summed E-state index contributed by atoms with van der Waals surface area (Å²) in [6.07, 6.45) is 0.112. The van der Waals surface area contributed by atoms with Gasteiger partial charge in [-0.05, 0) is 26.0 Å². The molecular formula is C17H19N5O4. The summed E-state index contributed by atoms with van der Waals surface area (Å²) < 4.78 is 1.68. The van der Waals surface area contributed by atoms with Crippen molar-refractivity contribution in [1.82, 2.24) is 9.78 Å². The molecule has 136 valence electrons. The fraction of sp³-hybridized carbons (Fsp3) is 0.353. The lowest BCUT2D eigenvalue weighted by Crippen LogP contribution is -2.30. The standard InChI is InChI=1S/C17H19N5O4/c1-9-7-15(23)21(17(9)24)12-5-6-13(14(8-12)22(25)26)18-16-10(2)19-20(4)11(16)3/h5-6,8-9,18H,7H2,1-4H3. The van der Waals surface area contributed by atoms with Crippen molar-refractivity contribution in [3.63, 3.8) is 0 Å². The van der Waals surface area contributed by atoms with Crippen molar-refractivity contribution >= 4 is 34.6 Å². The molecule has 2 aromatic rings. The van der Waals surface area contributed by atoms with Gasteiger partial charge in [-0.15, -0.1) is 0 Å². The Kier molecular flexibility index (Phi) is 4.23. The first-order chi connectivity index (χ1) is 12.2. The number of imide groups is 1. The van der Waals surface area contributed by atoms with E-state index in [9.17, 15) is 19.7 Å². The van der Waals surface area contributed by atoms with E-state index in [0.29, 0.717) is 11.4 Å². The summed E-state index contributed by atoms with van der Waals surface area (Å²) in [4.78, 5) is 36.2. The molecule has 1 unspecified atom stereocenters. The third-order valence-electron chi connectivity index (χ3n) is 4.58. The highest BCUT2D eigenvalue weighted by Crippen LogP contribution is 2.35. The summed E-state index contributed by atoms with van der Waals surface area (Å²) in [6, 6.07) is 4.28. The molecule has 9 heteroatoms. The summed E-state index contributed by atoms with van der Waals surface area (Å²) in [6.45, 7) is 5.32. The molecule has 1 aliphatic rings. The molecule has 0 bridgehead atoms. The predicted octanol–water partition coefficient (Wildman–Crippen LogP) is 2.59. The van der Waals surface area contributed by atoms with E-state index in [1.165, 1.54) is 18.2 Å². The number of nitrogens with zero attached hydrogens (tertiary/aromatic N) is 4. The van der Waals surface area contributed by atoms with Crippen LogP contribution in [0.25, 0.3) is 0 Å². The molecule has 0 spiro atoms. The quantitative estimate of drug-likeness (QED) is 0.511. The Morgan fingerprint density at radius 2 is 2.00 bits per heavy atom. The normalized spacial score (nSPS) is 17.1. The molecule has 26 heavy (non-hydrogen) atoms. The average molecular weight is 357 g/mol. The van der Waals surface area contributed by atoms with Gasteiger partial charge >= 0.3 is 0 Å². The van der Waals surface area contributed by atoms with Crippen molar-refractivity contribution < 1.29 is 14.5 Å². The topological polar surface area (TPSA) is 110 Å². The van der Waals surface area contributed by atoms with Gasteiger partial charge in [0, 0.05) is 25.5 Å². The third kappa shape index (κ3) is 2.81. The Balaban J connectivity index is 2.02. The molecule has 1 N–H and O–H groups in total. The smallest absolute Gasteiger partial charge is 0.294 e. The Hall–Kier alpha value is -3.23. The number of benzene rings is 1. The van der Waals surface area contributed by atoms with Gasteiger partial charge in [-0.1, -0.05) is 6.92 Å². The maximum atomic E-state index is 12.2. The van der Waals surface area contributed by atoms with Gasteiger partial charge in [-0.25, -0.2) is 0 Å². The van der Waals surface area contributed by atoms with Crippen molar-refractivity contribution in [3.8, 4) is 0 Å². The van der Waals surface area contributed by atoms with Gasteiger partial charge in [-0.3, -0.25) is 29.3 Å². The van der Waals surface area contributed by atoms with Crippen molar-refractivity contribution in [1.29, 1.82) is 0 Å². The number of anilines is 3. The maximum Gasteiger partial charge on any atom is 0.294 e. The van der Waals surface area contributed by atoms with Crippen LogP contribution in [0.1, 0.15) is 24.7 Å². The fourth-order valence-electron chi connectivity index (χ4n) is 3.06. The van der Waals surface area contributed by atoms with Gasteiger partial charge in [0.25, 0.3) is 5.69 Å². The molecule has 1 aromatic heterocycles. The minimum absolute atomic E-state index is 0.112. The van der Waals surface area contributed by atoms with Crippen LogP contribution >= 0.6 is 0 Å². The van der Waals surface area contributed by atoms with E-state index in [4.69, 9.17) is 0 Å². The van der Waals surface area contributed by atoms with Gasteiger partial charge in [0.15, 0.2) is 0 Å². The molecule has 1 saturated heterocycles. The van der Waals surface area contributed by atoms with Crippen LogP contribution in [-0.2, 0) is 16.6 Å². The maximum absolute atomic E-state index is 12.2. The van der Waals surface area contributed by atoms with Crippen LogP contribution < -0.4 is 10.2 Å². The van der Waals surface area contributed by atoms with Crippen LogP contribution in [0, 0.1) is 29.9 Å². The van der Waals surface area contributed by atoms with E-state index >= 15 is 0 Å². The first kappa shape index (κ1) is 17.6. The Morgan fingerprint density at radius 3 is 2.50 bits per heavy atom. The van der Waals surface area contributed by atoms with Crippen LogP contribution in [0.4, 0.5) is 22.7 Å². The van der Waals surface area contributed by atoms with Gasteiger partial charge in [-0.2, -0.15) is 5.10 Å². The molecule has 2 amide bonds. The number of aryl methyl sites for hydroxylation is 2. The molecule has 1 fully saturated rings. The first-order valence-corrected chi connectivity index (χ1v) is 8.13. The minimum Gasteiger partial charge on any atom is -0.347 e. The SMILES string of the molecule is Cc1nn(C)c(C)c1Nc1ccc(N2C(=O)CC(C)C2=O)cc1[N+](=O)[O-]. The Morgan fingerprint density at radius 1 is 1.31 bits per heavy atom. The highest BCUT2D eigenvalue weighted by molar-refractivity contribution is 6.21. The number of nitro groups is 1. The zero-order chi connectivity index (χ0) is 19.2. The van der Waals surface area contributed by atoms with Crippen LogP contribution in [-0.4, -0.2) is 26.5 Å². The van der Waals surface area contributed by atoms with Gasteiger partial charge in [0.05, 0.1) is 27.7 Å². The first-order valence-electron chi connectivity index (χ1n) is 8.13. The second-order valence-electron chi connectivity index (χ2n) is 6.43. The molecule has 2 heterocycles. The van der Waals surface area contributed by atoms with Crippen LogP contribution in [0.15, 0.2) is 18.2 Å². The Bertz CT molecular complexity index is 933. The van der Waals surface area contributed by atoms with Crippen LogP contribution in [0.3, 0.4) is 0 Å². The molecule has 9 nitrogen and oxygen atoms in total. The predicted molar refractivity (Wildman–Crippen MR) is 95.3 cm³/mol. The van der Waals surface area contributed by atoms with E-state index in [1.807, 2.05) is 6.92 Å². The summed E-state index contributed by atoms with van der Waals surface area (Å²) >= 11 is 0. The average Bonchev–Trinajstić information content (AvgIpc) is 2.97. The highest BCUT2D eigenvalue weighted by atomic mass is 16.6. The van der Waals surface area contributed by atoms with E-state index in [1.54, 1.807) is 25.6 Å². The molecular weight excluding hydrogens is 338 g/mol. The van der Waals surface area contributed by atoms with E-state index < -0.39 is 10.8 Å². The molecule has 0 aliphatic carbocycles. The fourth-order valence-corrected chi connectivity index (χ4v) is 3.06. The van der Waals surface area contributed by atoms with E-state index in [2.05, 4.69) is 10.4 Å². The van der Waals surface area contributed by atoms with Gasteiger partial charge in [0.2, 0.25) is 11.8 Å². The molecule has 1 atom stereocenters. The van der Waals surface area contributed by atoms with Gasteiger partial charge in [0.1, 0.15) is 5.69 Å². The van der Waals surface area contributed by atoms with Gasteiger partial charge < -0.3 is 5.32 Å². The summed E-state index contributed by atoms with van der Waals surface area (Å²) in [5, 5.41) is 18.9. The van der Waals surface area contributed by atoms with Crippen LogP contribution in [0.5, 0.6) is 0 Å². The number of nitro benzene ring substituents is 1. The van der Waals surface area contributed by atoms with Crippen molar-refractivity contribution in [2.75, 3.05) is 10.2 Å². The van der Waals surface area contributed by atoms with E-state index in [-0.39, 0.29) is 35.3 Å². The number of rotatable bonds is 4. The third-order valence-corrected chi connectivity index (χ3v) is 4.58. The second-order valence-corrected chi connectivity index (χ2v) is 6.43. The lowest BCUT2D eigenvalue weighted by molar-refractivity contribution is -0.383.